The van der Waals surface area contributed by atoms with Crippen molar-refractivity contribution in [1.82, 2.24) is 0 Å². The van der Waals surface area contributed by atoms with Crippen LogP contribution in [0.15, 0.2) is 22.1 Å². The molecular weight excluding hydrogens is 509 g/mol. The number of carbonyl (C=O) groups excluding carboxylic acids is 3. The Bertz CT molecular complexity index is 945. The third kappa shape index (κ3) is 7.06. The number of nitrogens with zero attached hydrogens (tertiary/aromatic N) is 3. The number of halogens is 3. The summed E-state index contributed by atoms with van der Waals surface area (Å²) >= 11 is 19.3. The third-order valence-electron chi connectivity index (χ3n) is 4.07. The Labute approximate surface area is 202 Å². The van der Waals surface area contributed by atoms with Crippen LogP contribution < -0.4 is 0 Å². The molecule has 32 heavy (non-hydrogen) atoms. The molecule has 1 heterocycles. The molecule has 1 aliphatic heterocycles. The van der Waals surface area contributed by atoms with Crippen LogP contribution in [-0.2, 0) is 33.3 Å². The van der Waals surface area contributed by atoms with E-state index in [-0.39, 0.29) is 21.7 Å². The second-order valence-electron chi connectivity index (χ2n) is 6.50. The molecule has 0 bridgehead atoms. The van der Waals surface area contributed by atoms with E-state index in [0.29, 0.717) is 4.90 Å². The fourth-order valence-electron chi connectivity index (χ4n) is 2.89. The van der Waals surface area contributed by atoms with Gasteiger partial charge in [0.25, 0.3) is 0 Å². The number of benzene rings is 1. The summed E-state index contributed by atoms with van der Waals surface area (Å²) < 4.78 is 21.7. The number of thioether (sulfide) groups is 1. The zero-order valence-electron chi connectivity index (χ0n) is 17.0. The van der Waals surface area contributed by atoms with Crippen LogP contribution in [0.5, 0.6) is 0 Å². The topological polar surface area (TPSA) is 137 Å². The Morgan fingerprint density at radius 2 is 1.62 bits per heavy atom. The highest BCUT2D eigenvalue weighted by atomic mass is 35.5. The molecule has 174 valence electrons. The molecule has 5 atom stereocenters. The van der Waals surface area contributed by atoms with Crippen LogP contribution in [0.4, 0.5) is 0 Å². The quantitative estimate of drug-likeness (QED) is 0.126. The Morgan fingerprint density at radius 3 is 2.19 bits per heavy atom. The van der Waals surface area contributed by atoms with E-state index in [1.807, 2.05) is 0 Å². The molecule has 0 saturated carbocycles. The highest BCUT2D eigenvalue weighted by Crippen LogP contribution is 2.42. The lowest BCUT2D eigenvalue weighted by Gasteiger charge is -2.43. The molecule has 1 aliphatic rings. The second kappa shape index (κ2) is 11.8. The van der Waals surface area contributed by atoms with E-state index in [1.165, 1.54) is 19.1 Å². The predicted molar refractivity (Wildman–Crippen MR) is 117 cm³/mol. The Kier molecular flexibility index (Phi) is 9.75. The van der Waals surface area contributed by atoms with E-state index in [4.69, 9.17) is 59.3 Å². The largest absolute Gasteiger partial charge is 0.463 e. The van der Waals surface area contributed by atoms with Crippen molar-refractivity contribution < 1.29 is 33.3 Å². The molecule has 1 fully saturated rings. The molecule has 3 unspecified atom stereocenters. The maximum Gasteiger partial charge on any atom is 0.303 e. The zero-order valence-corrected chi connectivity index (χ0v) is 20.1. The lowest BCUT2D eigenvalue weighted by atomic mass is 9.97. The third-order valence-corrected chi connectivity index (χ3v) is 6.42. The summed E-state index contributed by atoms with van der Waals surface area (Å²) in [4.78, 5) is 38.0. The minimum absolute atomic E-state index is 0.222. The van der Waals surface area contributed by atoms with Crippen molar-refractivity contribution in [2.24, 2.45) is 5.11 Å². The van der Waals surface area contributed by atoms with E-state index in [2.05, 4.69) is 10.0 Å². The van der Waals surface area contributed by atoms with Crippen LogP contribution in [0.3, 0.4) is 0 Å². The molecule has 0 aromatic heterocycles. The summed E-state index contributed by atoms with van der Waals surface area (Å²) in [7, 11) is 0. The summed E-state index contributed by atoms with van der Waals surface area (Å²) in [5.74, 6) is -2.00. The molecule has 14 heteroatoms. The number of azide groups is 1. The molecular formula is C18H18Cl3N3O7S. The van der Waals surface area contributed by atoms with Gasteiger partial charge in [0.1, 0.15) is 36.4 Å². The minimum Gasteiger partial charge on any atom is -0.463 e. The molecule has 2 rings (SSSR count). The Balaban J connectivity index is 2.49. The lowest BCUT2D eigenvalue weighted by molar-refractivity contribution is -0.201. The highest BCUT2D eigenvalue weighted by Gasteiger charge is 2.50. The number of hydrogen-bond acceptors (Lipinski definition) is 9. The first kappa shape index (κ1) is 26.4. The van der Waals surface area contributed by atoms with Crippen LogP contribution in [0.2, 0.25) is 15.1 Å². The fourth-order valence-corrected chi connectivity index (χ4v) is 4.79. The molecule has 10 nitrogen and oxygen atoms in total. The van der Waals surface area contributed by atoms with Gasteiger partial charge >= 0.3 is 17.9 Å². The summed E-state index contributed by atoms with van der Waals surface area (Å²) in [6, 6.07) is 1.73. The van der Waals surface area contributed by atoms with Crippen molar-refractivity contribution in [3.63, 3.8) is 0 Å². The first-order valence-corrected chi connectivity index (χ1v) is 11.0. The van der Waals surface area contributed by atoms with Crippen molar-refractivity contribution in [1.29, 1.82) is 0 Å². The van der Waals surface area contributed by atoms with Gasteiger partial charge in [-0.05, 0) is 17.7 Å². The summed E-state index contributed by atoms with van der Waals surface area (Å²) in [5, 5.41) is 4.39. The van der Waals surface area contributed by atoms with Gasteiger partial charge in [0.2, 0.25) is 0 Å². The van der Waals surface area contributed by atoms with Gasteiger partial charge in [0.05, 0.1) is 15.1 Å². The van der Waals surface area contributed by atoms with Gasteiger partial charge in [-0.3, -0.25) is 14.4 Å². The van der Waals surface area contributed by atoms with E-state index in [0.717, 1.165) is 25.6 Å². The van der Waals surface area contributed by atoms with Gasteiger partial charge < -0.3 is 18.9 Å². The summed E-state index contributed by atoms with van der Waals surface area (Å²) in [6.07, 6.45) is -3.42. The Hall–Kier alpha value is -1.88. The molecule has 0 N–H and O–H groups in total. The van der Waals surface area contributed by atoms with E-state index >= 15 is 0 Å². The number of rotatable bonds is 7. The molecule has 0 aliphatic carbocycles. The van der Waals surface area contributed by atoms with Crippen LogP contribution >= 0.6 is 46.6 Å². The average Bonchev–Trinajstić information content (AvgIpc) is 2.68. The number of carbonyl (C=O) groups is 3. The zero-order chi connectivity index (χ0) is 24.0. The SMILES string of the molecule is CC(=O)OCC1O[C@H](Sc2cc(Cl)c(Cl)cc2Cl)C(OC(C)=O)C(N=[N+]=[N-])[C@H]1OC(C)=O. The van der Waals surface area contributed by atoms with Crippen LogP contribution in [-0.4, -0.2) is 54.3 Å². The Morgan fingerprint density at radius 1 is 1.03 bits per heavy atom. The molecule has 1 aromatic carbocycles. The lowest BCUT2D eigenvalue weighted by Crippen LogP contribution is -2.59. The van der Waals surface area contributed by atoms with Gasteiger partial charge in [0, 0.05) is 30.6 Å². The van der Waals surface area contributed by atoms with E-state index in [9.17, 15) is 14.4 Å². The van der Waals surface area contributed by atoms with E-state index < -0.39 is 47.7 Å². The average molecular weight is 527 g/mol. The van der Waals surface area contributed by atoms with Crippen LogP contribution in [0.1, 0.15) is 20.8 Å². The van der Waals surface area contributed by atoms with Crippen molar-refractivity contribution >= 4 is 64.5 Å². The number of esters is 3. The maximum atomic E-state index is 11.8. The standard InChI is InChI=1S/C18H18Cl3N3O7S/c1-7(25)28-6-13-16(29-8(2)26)15(23-24-22)17(30-9(3)27)18(31-13)32-14-5-11(20)10(19)4-12(14)21/h4-5,13,15-18H,6H2,1-3H3/t13?,15?,16-,17?,18+/m0/s1. The van der Waals surface area contributed by atoms with Crippen LogP contribution in [0.25, 0.3) is 10.4 Å². The first-order valence-electron chi connectivity index (χ1n) is 9.02. The molecule has 0 spiro atoms. The molecule has 0 radical (unpaired) electrons. The summed E-state index contributed by atoms with van der Waals surface area (Å²) in [5.41, 5.74) is 8.10. The molecule has 1 saturated heterocycles. The highest BCUT2D eigenvalue weighted by molar-refractivity contribution is 8.00. The molecule has 0 amide bonds. The van der Waals surface area contributed by atoms with Crippen molar-refractivity contribution in [2.75, 3.05) is 6.61 Å². The van der Waals surface area contributed by atoms with Crippen molar-refractivity contribution in [3.05, 3.63) is 37.6 Å². The number of hydrogen-bond donors (Lipinski definition) is 0. The first-order chi connectivity index (χ1) is 15.0. The van der Waals surface area contributed by atoms with Crippen molar-refractivity contribution in [2.45, 2.75) is 55.5 Å². The van der Waals surface area contributed by atoms with Crippen molar-refractivity contribution in [3.8, 4) is 0 Å². The predicted octanol–water partition coefficient (Wildman–Crippen LogP) is 4.57. The number of ether oxygens (including phenoxy) is 4. The van der Waals surface area contributed by atoms with Gasteiger partial charge in [0.15, 0.2) is 0 Å². The van der Waals surface area contributed by atoms with Gasteiger partial charge in [-0.1, -0.05) is 51.7 Å². The van der Waals surface area contributed by atoms with E-state index in [1.54, 1.807) is 0 Å². The monoisotopic (exact) mass is 525 g/mol. The van der Waals surface area contributed by atoms with Gasteiger partial charge in [-0.2, -0.15) is 0 Å². The smallest absolute Gasteiger partial charge is 0.303 e. The normalized spacial score (nSPS) is 24.8. The molecule has 1 aromatic rings. The minimum atomic E-state index is -1.20. The van der Waals surface area contributed by atoms with Gasteiger partial charge in [-0.25, -0.2) is 0 Å². The van der Waals surface area contributed by atoms with Gasteiger partial charge in [-0.15, -0.1) is 0 Å². The maximum absolute atomic E-state index is 11.8. The fraction of sp³-hybridized carbons (Fsp3) is 0.500. The van der Waals surface area contributed by atoms with Crippen LogP contribution in [0, 0.1) is 0 Å². The second-order valence-corrected chi connectivity index (χ2v) is 8.87. The summed E-state index contributed by atoms with van der Waals surface area (Å²) in [6.45, 7) is 3.18.